The van der Waals surface area contributed by atoms with Crippen LogP contribution in [0.5, 0.6) is 0 Å². The van der Waals surface area contributed by atoms with Crippen molar-refractivity contribution >= 4 is 28.5 Å². The van der Waals surface area contributed by atoms with Crippen LogP contribution in [0.25, 0.3) is 16.6 Å². The molecule has 21 heavy (non-hydrogen) atoms. The van der Waals surface area contributed by atoms with E-state index >= 15 is 0 Å². The number of hydrogen-bond acceptors (Lipinski definition) is 6. The summed E-state index contributed by atoms with van der Waals surface area (Å²) in [6.07, 6.45) is 5.65. The Morgan fingerprint density at radius 1 is 1.43 bits per heavy atom. The second-order valence-corrected chi connectivity index (χ2v) is 4.82. The lowest BCUT2D eigenvalue weighted by molar-refractivity contribution is 0.900. The van der Waals surface area contributed by atoms with Gasteiger partial charge in [0.25, 0.3) is 0 Å². The van der Waals surface area contributed by atoms with E-state index in [1.165, 1.54) is 18.6 Å². The van der Waals surface area contributed by atoms with E-state index in [4.69, 9.17) is 11.1 Å². The predicted octanol–water partition coefficient (Wildman–Crippen LogP) is 2.27. The summed E-state index contributed by atoms with van der Waals surface area (Å²) in [7, 11) is 0. The third-order valence-electron chi connectivity index (χ3n) is 2.94. The van der Waals surface area contributed by atoms with Crippen LogP contribution in [0.3, 0.4) is 0 Å². The van der Waals surface area contributed by atoms with E-state index in [2.05, 4.69) is 21.4 Å². The first-order valence-electron chi connectivity index (χ1n) is 6.48. The number of nitrogens with zero attached hydrogens (tertiary/aromatic N) is 3. The molecule has 0 saturated heterocycles. The van der Waals surface area contributed by atoms with Crippen LogP contribution in [0.15, 0.2) is 24.7 Å². The standard InChI is InChI=1S/C15H16N6/c1-9(2)21-14-12(6-18)8-20-15-13(14)3-10(7-19-15)11(4-16)5-17/h3-5,7-9,16H,17H2,1-2H3,(H,19,20,21)/b11-5+,16-4?. The number of hydrogen-bond donors (Lipinski definition) is 3. The van der Waals surface area contributed by atoms with Crippen molar-refractivity contribution in [1.82, 2.24) is 9.97 Å². The van der Waals surface area contributed by atoms with Gasteiger partial charge in [-0.3, -0.25) is 0 Å². The lowest BCUT2D eigenvalue weighted by Gasteiger charge is -2.14. The third-order valence-corrected chi connectivity index (χ3v) is 2.94. The van der Waals surface area contributed by atoms with Gasteiger partial charge in [-0.25, -0.2) is 9.97 Å². The van der Waals surface area contributed by atoms with Crippen LogP contribution < -0.4 is 11.1 Å². The minimum absolute atomic E-state index is 0.165. The van der Waals surface area contributed by atoms with Gasteiger partial charge in [-0.1, -0.05) is 0 Å². The molecule has 0 aliphatic rings. The van der Waals surface area contributed by atoms with Gasteiger partial charge in [-0.15, -0.1) is 0 Å². The largest absolute Gasteiger partial charge is 0.404 e. The summed E-state index contributed by atoms with van der Waals surface area (Å²) < 4.78 is 0. The summed E-state index contributed by atoms with van der Waals surface area (Å²) in [5, 5.41) is 20.6. The van der Waals surface area contributed by atoms with Crippen molar-refractivity contribution in [1.29, 1.82) is 10.7 Å². The first-order valence-corrected chi connectivity index (χ1v) is 6.48. The molecule has 0 unspecified atom stereocenters. The molecule has 0 bridgehead atoms. The first kappa shape index (κ1) is 14.5. The molecule has 106 valence electrons. The summed E-state index contributed by atoms with van der Waals surface area (Å²) in [6, 6.07) is 4.14. The molecule has 0 amide bonds. The molecule has 0 spiro atoms. The number of rotatable bonds is 4. The number of pyridine rings is 2. The Bertz CT molecular complexity index is 755. The lowest BCUT2D eigenvalue weighted by atomic mass is 10.1. The van der Waals surface area contributed by atoms with Crippen molar-refractivity contribution in [3.05, 3.63) is 35.8 Å². The molecule has 0 aliphatic carbocycles. The summed E-state index contributed by atoms with van der Waals surface area (Å²) >= 11 is 0. The zero-order valence-electron chi connectivity index (χ0n) is 11.9. The fraction of sp³-hybridized carbons (Fsp3) is 0.200. The minimum atomic E-state index is 0.165. The van der Waals surface area contributed by atoms with Gasteiger partial charge in [-0.05, 0) is 19.9 Å². The summed E-state index contributed by atoms with van der Waals surface area (Å²) in [5.41, 5.74) is 8.49. The van der Waals surface area contributed by atoms with Crippen LogP contribution in [0.4, 0.5) is 5.69 Å². The molecular weight excluding hydrogens is 264 g/mol. The molecule has 2 aromatic heterocycles. The van der Waals surface area contributed by atoms with Crippen molar-refractivity contribution in [2.75, 3.05) is 5.32 Å². The van der Waals surface area contributed by atoms with Crippen molar-refractivity contribution in [2.45, 2.75) is 19.9 Å². The second kappa shape index (κ2) is 6.01. The van der Waals surface area contributed by atoms with Gasteiger partial charge < -0.3 is 16.5 Å². The molecule has 0 fully saturated rings. The molecular formula is C15H16N6. The van der Waals surface area contributed by atoms with E-state index < -0.39 is 0 Å². The Morgan fingerprint density at radius 2 is 2.14 bits per heavy atom. The highest BCUT2D eigenvalue weighted by Crippen LogP contribution is 2.27. The maximum atomic E-state index is 9.24. The highest BCUT2D eigenvalue weighted by molar-refractivity contribution is 6.09. The molecule has 0 saturated carbocycles. The van der Waals surface area contributed by atoms with Crippen LogP contribution in [0.2, 0.25) is 0 Å². The number of nitrogens with one attached hydrogen (secondary N) is 2. The van der Waals surface area contributed by atoms with Gasteiger partial charge in [0, 0.05) is 47.4 Å². The minimum Gasteiger partial charge on any atom is -0.404 e. The van der Waals surface area contributed by atoms with Crippen LogP contribution in [-0.2, 0) is 0 Å². The Balaban J connectivity index is 2.73. The SMILES string of the molecule is CC(C)Nc1c(C#N)cnc2ncc(/C(C=N)=C/N)cc12. The molecule has 2 aromatic rings. The van der Waals surface area contributed by atoms with Crippen LogP contribution in [0.1, 0.15) is 25.0 Å². The average Bonchev–Trinajstić information content (AvgIpc) is 2.48. The van der Waals surface area contributed by atoms with Gasteiger partial charge >= 0.3 is 0 Å². The summed E-state index contributed by atoms with van der Waals surface area (Å²) in [5.74, 6) is 0. The van der Waals surface area contributed by atoms with Crippen molar-refractivity contribution in [2.24, 2.45) is 5.73 Å². The fourth-order valence-corrected chi connectivity index (χ4v) is 1.99. The Morgan fingerprint density at radius 3 is 2.71 bits per heavy atom. The molecule has 0 radical (unpaired) electrons. The van der Waals surface area contributed by atoms with E-state index in [1.54, 1.807) is 6.20 Å². The first-order chi connectivity index (χ1) is 10.1. The van der Waals surface area contributed by atoms with Gasteiger partial charge in [0.1, 0.15) is 6.07 Å². The fourth-order valence-electron chi connectivity index (χ4n) is 1.99. The molecule has 2 rings (SSSR count). The smallest absolute Gasteiger partial charge is 0.161 e. The van der Waals surface area contributed by atoms with E-state index in [9.17, 15) is 5.26 Å². The van der Waals surface area contributed by atoms with Crippen LogP contribution in [0, 0.1) is 16.7 Å². The Labute approximate surface area is 122 Å². The number of aromatic nitrogens is 2. The second-order valence-electron chi connectivity index (χ2n) is 4.82. The molecule has 0 aromatic carbocycles. The maximum Gasteiger partial charge on any atom is 0.161 e. The van der Waals surface area contributed by atoms with Crippen molar-refractivity contribution in [3.8, 4) is 6.07 Å². The number of fused-ring (bicyclic) bond motifs is 1. The highest BCUT2D eigenvalue weighted by atomic mass is 14.9. The Kier molecular flexibility index (Phi) is 4.14. The molecule has 6 nitrogen and oxygen atoms in total. The van der Waals surface area contributed by atoms with E-state index in [0.717, 1.165) is 5.39 Å². The van der Waals surface area contributed by atoms with E-state index in [1.807, 2.05) is 19.9 Å². The van der Waals surface area contributed by atoms with Crippen LogP contribution >= 0.6 is 0 Å². The highest BCUT2D eigenvalue weighted by Gasteiger charge is 2.12. The molecule has 6 heteroatoms. The van der Waals surface area contributed by atoms with E-state index in [0.29, 0.717) is 28.0 Å². The van der Waals surface area contributed by atoms with Crippen molar-refractivity contribution in [3.63, 3.8) is 0 Å². The topological polar surface area (TPSA) is 111 Å². The third kappa shape index (κ3) is 2.82. The zero-order valence-corrected chi connectivity index (χ0v) is 11.9. The number of nitrogens with two attached hydrogens (primary N) is 1. The average molecular weight is 280 g/mol. The summed E-state index contributed by atoms with van der Waals surface area (Å²) in [6.45, 7) is 3.99. The number of nitriles is 1. The summed E-state index contributed by atoms with van der Waals surface area (Å²) in [4.78, 5) is 8.47. The molecule has 4 N–H and O–H groups in total. The van der Waals surface area contributed by atoms with E-state index in [-0.39, 0.29) is 6.04 Å². The molecule has 2 heterocycles. The normalized spacial score (nSPS) is 11.4. The quantitative estimate of drug-likeness (QED) is 0.744. The van der Waals surface area contributed by atoms with Gasteiger partial charge in [-0.2, -0.15) is 5.26 Å². The number of allylic oxidation sites excluding steroid dienone is 1. The van der Waals surface area contributed by atoms with Crippen LogP contribution in [-0.4, -0.2) is 22.2 Å². The monoisotopic (exact) mass is 280 g/mol. The maximum absolute atomic E-state index is 9.24. The molecule has 0 atom stereocenters. The zero-order chi connectivity index (χ0) is 15.4. The number of anilines is 1. The predicted molar refractivity (Wildman–Crippen MR) is 84.0 cm³/mol. The molecule has 0 aliphatic heterocycles. The van der Waals surface area contributed by atoms with Gasteiger partial charge in [0.05, 0.1) is 11.3 Å². The van der Waals surface area contributed by atoms with Gasteiger partial charge in [0.2, 0.25) is 0 Å². The van der Waals surface area contributed by atoms with Crippen molar-refractivity contribution < 1.29 is 0 Å². The lowest BCUT2D eigenvalue weighted by Crippen LogP contribution is -2.12. The Hall–Kier alpha value is -2.94. The van der Waals surface area contributed by atoms with Gasteiger partial charge in [0.15, 0.2) is 5.65 Å².